The first kappa shape index (κ1) is 19.7. The summed E-state index contributed by atoms with van der Waals surface area (Å²) in [5, 5.41) is 3.73. The minimum absolute atomic E-state index is 0.236. The zero-order chi connectivity index (χ0) is 20.4. The zero-order valence-electron chi connectivity index (χ0n) is 17.6. The van der Waals surface area contributed by atoms with Crippen molar-refractivity contribution in [1.82, 2.24) is 0 Å². The molecule has 0 fully saturated rings. The number of carbonyl (C=O) groups is 1. The number of rotatable bonds is 6. The third-order valence-corrected chi connectivity index (χ3v) is 5.98. The molecule has 2 aliphatic rings. The fourth-order valence-corrected chi connectivity index (χ4v) is 4.49. The van der Waals surface area contributed by atoms with Crippen molar-refractivity contribution in [1.29, 1.82) is 0 Å². The van der Waals surface area contributed by atoms with Gasteiger partial charge in [-0.25, -0.2) is 4.79 Å². The van der Waals surface area contributed by atoms with Gasteiger partial charge in [0.1, 0.15) is 0 Å². The highest BCUT2D eigenvalue weighted by atomic mass is 16.5. The van der Waals surface area contributed by atoms with Crippen molar-refractivity contribution in [3.63, 3.8) is 0 Å². The Balaban J connectivity index is 1.42. The monoisotopic (exact) mass is 391 g/mol. The number of allylic oxidation sites excluding steroid dienone is 2. The SMILES string of the molecule is C[N+](C)(C)CCCOC(=O)c1ccc(C2Nc3ccccc3C3C=CCC32)cc1. The summed E-state index contributed by atoms with van der Waals surface area (Å²) in [6.45, 7) is 1.45. The number of nitrogens with one attached hydrogen (secondary N) is 1. The highest BCUT2D eigenvalue weighted by Crippen LogP contribution is 2.49. The average Bonchev–Trinajstić information content (AvgIpc) is 3.20. The molecule has 0 spiro atoms. The molecule has 0 aromatic heterocycles. The van der Waals surface area contributed by atoms with Crippen LogP contribution in [-0.2, 0) is 4.74 Å². The van der Waals surface area contributed by atoms with Gasteiger partial charge in [-0.05, 0) is 41.7 Å². The van der Waals surface area contributed by atoms with Gasteiger partial charge >= 0.3 is 5.97 Å². The van der Waals surface area contributed by atoms with E-state index in [1.807, 2.05) is 12.1 Å². The molecule has 3 atom stereocenters. The van der Waals surface area contributed by atoms with E-state index in [2.05, 4.69) is 75.0 Å². The van der Waals surface area contributed by atoms with Crippen molar-refractivity contribution in [2.45, 2.75) is 24.8 Å². The molecule has 2 aromatic rings. The molecule has 3 unspecified atom stereocenters. The smallest absolute Gasteiger partial charge is 0.338 e. The second-order valence-electron chi connectivity index (χ2n) is 9.19. The number of nitrogens with zero attached hydrogens (tertiary/aromatic N) is 1. The third-order valence-electron chi connectivity index (χ3n) is 5.98. The lowest BCUT2D eigenvalue weighted by molar-refractivity contribution is -0.870. The number of anilines is 1. The second-order valence-corrected chi connectivity index (χ2v) is 9.19. The number of para-hydroxylation sites is 1. The van der Waals surface area contributed by atoms with Gasteiger partial charge in [-0.1, -0.05) is 42.5 Å². The van der Waals surface area contributed by atoms with Crippen LogP contribution in [0.25, 0.3) is 0 Å². The lowest BCUT2D eigenvalue weighted by Gasteiger charge is -2.37. The Kier molecular flexibility index (Phi) is 5.46. The van der Waals surface area contributed by atoms with Crippen LogP contribution in [0.4, 0.5) is 5.69 Å². The van der Waals surface area contributed by atoms with Crippen molar-refractivity contribution in [2.24, 2.45) is 5.92 Å². The Morgan fingerprint density at radius 2 is 1.86 bits per heavy atom. The van der Waals surface area contributed by atoms with E-state index in [1.54, 1.807) is 0 Å². The van der Waals surface area contributed by atoms with Crippen molar-refractivity contribution < 1.29 is 14.0 Å². The Labute approximate surface area is 173 Å². The summed E-state index contributed by atoms with van der Waals surface area (Å²) < 4.78 is 6.33. The molecular formula is C25H31N2O2+. The summed E-state index contributed by atoms with van der Waals surface area (Å²) in [7, 11) is 6.42. The second kappa shape index (κ2) is 8.03. The van der Waals surface area contributed by atoms with Crippen LogP contribution in [-0.4, -0.2) is 44.7 Å². The molecule has 1 aliphatic heterocycles. The first-order valence-corrected chi connectivity index (χ1v) is 10.5. The highest BCUT2D eigenvalue weighted by Gasteiger charge is 2.37. The molecule has 29 heavy (non-hydrogen) atoms. The molecule has 4 nitrogen and oxygen atoms in total. The molecule has 1 heterocycles. The van der Waals surface area contributed by atoms with Crippen molar-refractivity contribution in [3.8, 4) is 0 Å². The van der Waals surface area contributed by atoms with E-state index in [-0.39, 0.29) is 12.0 Å². The van der Waals surface area contributed by atoms with Crippen LogP contribution in [0.5, 0.6) is 0 Å². The van der Waals surface area contributed by atoms with Crippen LogP contribution in [0.1, 0.15) is 46.3 Å². The van der Waals surface area contributed by atoms with Crippen LogP contribution >= 0.6 is 0 Å². The number of fused-ring (bicyclic) bond motifs is 3. The van der Waals surface area contributed by atoms with Crippen LogP contribution in [0, 0.1) is 5.92 Å². The highest BCUT2D eigenvalue weighted by molar-refractivity contribution is 5.89. The summed E-state index contributed by atoms with van der Waals surface area (Å²) in [5.74, 6) is 0.738. The van der Waals surface area contributed by atoms with Crippen molar-refractivity contribution in [3.05, 3.63) is 77.4 Å². The fraction of sp³-hybridized carbons (Fsp3) is 0.400. The molecular weight excluding hydrogens is 360 g/mol. The van der Waals surface area contributed by atoms with E-state index in [0.717, 1.165) is 23.9 Å². The number of hydrogen-bond acceptors (Lipinski definition) is 3. The predicted octanol–water partition coefficient (Wildman–Crippen LogP) is 4.77. The largest absolute Gasteiger partial charge is 0.462 e. The Morgan fingerprint density at radius 3 is 2.62 bits per heavy atom. The van der Waals surface area contributed by atoms with Gasteiger partial charge in [0.05, 0.1) is 45.9 Å². The Hall–Kier alpha value is -2.59. The quantitative estimate of drug-likeness (QED) is 0.334. The van der Waals surface area contributed by atoms with Gasteiger partial charge in [0.2, 0.25) is 0 Å². The third kappa shape index (κ3) is 4.38. The molecule has 2 aromatic carbocycles. The van der Waals surface area contributed by atoms with Gasteiger partial charge in [-0.2, -0.15) is 0 Å². The Morgan fingerprint density at radius 1 is 1.10 bits per heavy atom. The van der Waals surface area contributed by atoms with E-state index in [1.165, 1.54) is 16.8 Å². The number of ether oxygens (including phenoxy) is 1. The van der Waals surface area contributed by atoms with Crippen LogP contribution in [0.15, 0.2) is 60.7 Å². The van der Waals surface area contributed by atoms with Crippen LogP contribution in [0.2, 0.25) is 0 Å². The van der Waals surface area contributed by atoms with Gasteiger partial charge in [0.15, 0.2) is 0 Å². The van der Waals surface area contributed by atoms with Gasteiger partial charge in [0, 0.05) is 18.0 Å². The van der Waals surface area contributed by atoms with E-state index in [9.17, 15) is 4.79 Å². The van der Waals surface area contributed by atoms with Gasteiger partial charge < -0.3 is 14.5 Å². The number of benzene rings is 2. The Bertz CT molecular complexity index is 896. The normalized spacial score (nSPS) is 22.5. The molecule has 152 valence electrons. The maximum Gasteiger partial charge on any atom is 0.338 e. The number of hydrogen-bond donors (Lipinski definition) is 1. The molecule has 0 saturated heterocycles. The minimum Gasteiger partial charge on any atom is -0.462 e. The fourth-order valence-electron chi connectivity index (χ4n) is 4.49. The molecule has 0 saturated carbocycles. The molecule has 1 N–H and O–H groups in total. The van der Waals surface area contributed by atoms with Gasteiger partial charge in [-0.15, -0.1) is 0 Å². The zero-order valence-corrected chi connectivity index (χ0v) is 17.6. The summed E-state index contributed by atoms with van der Waals surface area (Å²) in [4.78, 5) is 12.4. The summed E-state index contributed by atoms with van der Waals surface area (Å²) in [6.07, 6.45) is 6.59. The first-order chi connectivity index (χ1) is 13.9. The van der Waals surface area contributed by atoms with E-state index >= 15 is 0 Å². The lowest BCUT2D eigenvalue weighted by Crippen LogP contribution is -2.35. The average molecular weight is 392 g/mol. The van der Waals surface area contributed by atoms with E-state index in [4.69, 9.17) is 4.74 Å². The molecule has 1 aliphatic carbocycles. The van der Waals surface area contributed by atoms with E-state index < -0.39 is 0 Å². The topological polar surface area (TPSA) is 38.3 Å². The number of carbonyl (C=O) groups excluding carboxylic acids is 1. The lowest BCUT2D eigenvalue weighted by atomic mass is 9.77. The minimum atomic E-state index is -0.236. The van der Waals surface area contributed by atoms with Crippen LogP contribution < -0.4 is 5.32 Å². The van der Waals surface area contributed by atoms with Crippen molar-refractivity contribution >= 4 is 11.7 Å². The van der Waals surface area contributed by atoms with Gasteiger partial charge in [0.25, 0.3) is 0 Å². The predicted molar refractivity (Wildman–Crippen MR) is 117 cm³/mol. The summed E-state index contributed by atoms with van der Waals surface area (Å²) >= 11 is 0. The number of quaternary nitrogens is 1. The maximum absolute atomic E-state index is 12.4. The first-order valence-electron chi connectivity index (χ1n) is 10.5. The molecule has 0 bridgehead atoms. The summed E-state index contributed by atoms with van der Waals surface area (Å²) in [6, 6.07) is 16.8. The van der Waals surface area contributed by atoms with Crippen LogP contribution in [0.3, 0.4) is 0 Å². The maximum atomic E-state index is 12.4. The van der Waals surface area contributed by atoms with Crippen molar-refractivity contribution in [2.75, 3.05) is 39.6 Å². The molecule has 0 amide bonds. The molecule has 4 heteroatoms. The molecule has 4 rings (SSSR count). The molecule has 0 radical (unpaired) electrons. The summed E-state index contributed by atoms with van der Waals surface area (Å²) in [5.41, 5.74) is 4.44. The standard InChI is InChI=1S/C25H31N2O2/c1-27(2,3)16-7-17-29-25(28)19-14-12-18(13-15-19)24-22-10-6-9-20(22)21-8-4-5-11-23(21)26-24/h4-6,8-9,11-15,20,22,24,26H,7,10,16-17H2,1-3H3/q+1. The van der Waals surface area contributed by atoms with Gasteiger partial charge in [-0.3, -0.25) is 0 Å². The number of esters is 1. The van der Waals surface area contributed by atoms with E-state index in [0.29, 0.717) is 24.0 Å².